The van der Waals surface area contributed by atoms with E-state index in [1.54, 1.807) is 0 Å². The van der Waals surface area contributed by atoms with Crippen molar-refractivity contribution in [1.29, 1.82) is 0 Å². The quantitative estimate of drug-likeness (QED) is 0.756. The van der Waals surface area contributed by atoms with Crippen LogP contribution in [0.1, 0.15) is 28.8 Å². The molecule has 1 unspecified atom stereocenters. The number of nitrogens with one attached hydrogen (secondary N) is 1. The summed E-state index contributed by atoms with van der Waals surface area (Å²) >= 11 is 0. The van der Waals surface area contributed by atoms with Crippen LogP contribution in [0.15, 0.2) is 24.5 Å². The van der Waals surface area contributed by atoms with E-state index in [2.05, 4.69) is 61.6 Å². The van der Waals surface area contributed by atoms with Crippen molar-refractivity contribution >= 4 is 0 Å². The van der Waals surface area contributed by atoms with E-state index in [4.69, 9.17) is 4.74 Å². The van der Waals surface area contributed by atoms with Crippen LogP contribution in [0.4, 0.5) is 0 Å². The number of morpholine rings is 1. The van der Waals surface area contributed by atoms with Gasteiger partial charge in [-0.15, -0.1) is 5.10 Å². The summed E-state index contributed by atoms with van der Waals surface area (Å²) in [5, 5.41) is 19.3. The molecule has 1 aromatic carbocycles. The van der Waals surface area contributed by atoms with Crippen molar-refractivity contribution in [2.24, 2.45) is 0 Å². The first kappa shape index (κ1) is 15.9. The van der Waals surface area contributed by atoms with Gasteiger partial charge < -0.3 is 4.74 Å². The number of H-pyrrole nitrogens is 1. The molecule has 130 valence electrons. The highest BCUT2D eigenvalue weighted by Crippen LogP contribution is 2.24. The molecule has 1 aliphatic heterocycles. The summed E-state index contributed by atoms with van der Waals surface area (Å²) in [5.74, 6) is 1.59. The van der Waals surface area contributed by atoms with Crippen molar-refractivity contribution in [1.82, 2.24) is 40.3 Å². The van der Waals surface area contributed by atoms with Gasteiger partial charge in [0, 0.05) is 6.54 Å². The van der Waals surface area contributed by atoms with E-state index in [1.165, 1.54) is 6.33 Å². The second kappa shape index (κ2) is 6.69. The first-order valence-electron chi connectivity index (χ1n) is 8.25. The Kier molecular flexibility index (Phi) is 4.24. The third-order valence-electron chi connectivity index (χ3n) is 4.52. The number of tetrazole rings is 1. The van der Waals surface area contributed by atoms with Gasteiger partial charge in [0.05, 0.1) is 31.5 Å². The largest absolute Gasteiger partial charge is 0.378 e. The minimum atomic E-state index is 0.0133. The lowest BCUT2D eigenvalue weighted by Gasteiger charge is -2.33. The molecule has 9 nitrogen and oxygen atoms in total. The van der Waals surface area contributed by atoms with Gasteiger partial charge in [0.1, 0.15) is 12.2 Å². The molecular weight excluding hydrogens is 320 g/mol. The Morgan fingerprint density at radius 2 is 2.12 bits per heavy atom. The third kappa shape index (κ3) is 3.03. The number of nitrogens with zero attached hydrogens (tertiary/aromatic N) is 7. The molecule has 0 aliphatic carbocycles. The molecule has 0 amide bonds. The lowest BCUT2D eigenvalue weighted by atomic mass is 10.1. The standard InChI is InChI=1S/C16H20N8O/c1-11-4-3-5-12(2)15(11)24-14(19-21-22-24)8-23-6-7-25-9-13(23)16-17-10-18-20-16/h3-5,10,13H,6-9H2,1-2H3,(H,17,18,20). The first-order valence-corrected chi connectivity index (χ1v) is 8.25. The van der Waals surface area contributed by atoms with Crippen molar-refractivity contribution in [3.8, 4) is 5.69 Å². The maximum Gasteiger partial charge on any atom is 0.170 e. The normalized spacial score (nSPS) is 18.6. The maximum atomic E-state index is 5.62. The number of para-hydroxylation sites is 1. The van der Waals surface area contributed by atoms with Gasteiger partial charge in [0.2, 0.25) is 0 Å². The van der Waals surface area contributed by atoms with E-state index in [1.807, 2.05) is 10.7 Å². The van der Waals surface area contributed by atoms with E-state index in [0.29, 0.717) is 19.8 Å². The van der Waals surface area contributed by atoms with Crippen LogP contribution in [0.2, 0.25) is 0 Å². The third-order valence-corrected chi connectivity index (χ3v) is 4.52. The zero-order valence-corrected chi connectivity index (χ0v) is 14.3. The highest BCUT2D eigenvalue weighted by molar-refractivity contribution is 5.46. The van der Waals surface area contributed by atoms with E-state index >= 15 is 0 Å². The summed E-state index contributed by atoms with van der Waals surface area (Å²) in [6.07, 6.45) is 1.52. The van der Waals surface area contributed by atoms with Crippen molar-refractivity contribution < 1.29 is 4.74 Å². The SMILES string of the molecule is Cc1cccc(C)c1-n1nnnc1CN1CCOCC1c1ncn[nH]1. The summed E-state index contributed by atoms with van der Waals surface area (Å²) in [6, 6.07) is 6.19. The molecule has 9 heteroatoms. The lowest BCUT2D eigenvalue weighted by molar-refractivity contribution is -0.0172. The molecule has 0 saturated carbocycles. The van der Waals surface area contributed by atoms with Gasteiger partial charge in [-0.1, -0.05) is 18.2 Å². The van der Waals surface area contributed by atoms with E-state index in [0.717, 1.165) is 35.0 Å². The van der Waals surface area contributed by atoms with Crippen LogP contribution >= 0.6 is 0 Å². The van der Waals surface area contributed by atoms with Crippen LogP contribution in [-0.2, 0) is 11.3 Å². The Morgan fingerprint density at radius 3 is 2.88 bits per heavy atom. The number of rotatable bonds is 4. The predicted octanol–water partition coefficient (Wildman–Crippen LogP) is 0.971. The molecule has 1 saturated heterocycles. The minimum absolute atomic E-state index is 0.0133. The summed E-state index contributed by atoms with van der Waals surface area (Å²) in [5.41, 5.74) is 3.32. The van der Waals surface area contributed by atoms with Gasteiger partial charge >= 0.3 is 0 Å². The molecule has 4 rings (SSSR count). The average Bonchev–Trinajstić information content (AvgIpc) is 3.28. The Balaban J connectivity index is 1.64. The minimum Gasteiger partial charge on any atom is -0.378 e. The molecule has 1 fully saturated rings. The van der Waals surface area contributed by atoms with Crippen molar-refractivity contribution in [3.63, 3.8) is 0 Å². The van der Waals surface area contributed by atoms with Gasteiger partial charge in [-0.25, -0.2) is 4.98 Å². The number of aryl methyl sites for hydroxylation is 2. The molecule has 1 atom stereocenters. The molecule has 1 aliphatic rings. The molecule has 2 aromatic heterocycles. The summed E-state index contributed by atoms with van der Waals surface area (Å²) in [4.78, 5) is 6.55. The van der Waals surface area contributed by atoms with Crippen LogP contribution < -0.4 is 0 Å². The van der Waals surface area contributed by atoms with Gasteiger partial charge in [0.25, 0.3) is 0 Å². The molecule has 0 radical (unpaired) electrons. The fourth-order valence-electron chi connectivity index (χ4n) is 3.25. The van der Waals surface area contributed by atoms with E-state index < -0.39 is 0 Å². The second-order valence-electron chi connectivity index (χ2n) is 6.18. The van der Waals surface area contributed by atoms with Crippen molar-refractivity contribution in [3.05, 3.63) is 47.3 Å². The Labute approximate surface area is 145 Å². The monoisotopic (exact) mass is 340 g/mol. The molecular formula is C16H20N8O. The highest BCUT2D eigenvalue weighted by Gasteiger charge is 2.28. The average molecular weight is 340 g/mol. The fraction of sp³-hybridized carbons (Fsp3) is 0.438. The lowest BCUT2D eigenvalue weighted by Crippen LogP contribution is -2.40. The summed E-state index contributed by atoms with van der Waals surface area (Å²) in [6.45, 7) is 6.77. The van der Waals surface area contributed by atoms with E-state index in [-0.39, 0.29) is 6.04 Å². The number of aromatic amines is 1. The summed E-state index contributed by atoms with van der Waals surface area (Å²) < 4.78 is 7.45. The topological polar surface area (TPSA) is 97.6 Å². The number of hydrogen-bond acceptors (Lipinski definition) is 7. The van der Waals surface area contributed by atoms with Crippen molar-refractivity contribution in [2.75, 3.05) is 19.8 Å². The van der Waals surface area contributed by atoms with Crippen LogP contribution in [0.25, 0.3) is 5.69 Å². The second-order valence-corrected chi connectivity index (χ2v) is 6.18. The van der Waals surface area contributed by atoms with Crippen LogP contribution in [0.5, 0.6) is 0 Å². The smallest absolute Gasteiger partial charge is 0.170 e. The Hall–Kier alpha value is -2.65. The molecule has 3 aromatic rings. The van der Waals surface area contributed by atoms with Gasteiger partial charge in [-0.05, 0) is 35.4 Å². The van der Waals surface area contributed by atoms with Crippen molar-refractivity contribution in [2.45, 2.75) is 26.4 Å². The fourth-order valence-corrected chi connectivity index (χ4v) is 3.25. The number of benzene rings is 1. The molecule has 0 spiro atoms. The predicted molar refractivity (Wildman–Crippen MR) is 89.0 cm³/mol. The van der Waals surface area contributed by atoms with Crippen LogP contribution in [-0.4, -0.2) is 60.0 Å². The Morgan fingerprint density at radius 1 is 1.28 bits per heavy atom. The van der Waals surface area contributed by atoms with Gasteiger partial charge in [-0.3, -0.25) is 10.00 Å². The molecule has 1 N–H and O–H groups in total. The van der Waals surface area contributed by atoms with Crippen LogP contribution in [0, 0.1) is 13.8 Å². The van der Waals surface area contributed by atoms with Gasteiger partial charge in [0.15, 0.2) is 5.82 Å². The molecule has 25 heavy (non-hydrogen) atoms. The number of ether oxygens (including phenoxy) is 1. The molecule has 3 heterocycles. The van der Waals surface area contributed by atoms with Gasteiger partial charge in [-0.2, -0.15) is 9.78 Å². The zero-order chi connectivity index (χ0) is 17.2. The zero-order valence-electron chi connectivity index (χ0n) is 14.3. The van der Waals surface area contributed by atoms with E-state index in [9.17, 15) is 0 Å². The summed E-state index contributed by atoms with van der Waals surface area (Å²) in [7, 11) is 0. The number of hydrogen-bond donors (Lipinski definition) is 1. The highest BCUT2D eigenvalue weighted by atomic mass is 16.5. The number of aromatic nitrogens is 7. The molecule has 0 bridgehead atoms. The van der Waals surface area contributed by atoms with Crippen LogP contribution in [0.3, 0.4) is 0 Å². The maximum absolute atomic E-state index is 5.62. The first-order chi connectivity index (χ1) is 12.2. The Bertz CT molecular complexity index is 823.